The zero-order valence-corrected chi connectivity index (χ0v) is 17.7. The maximum atomic E-state index is 6.59. The Bertz CT molecular complexity index is 477. The largest absolute Gasteiger partial charge is 0.372 e. The van der Waals surface area contributed by atoms with Gasteiger partial charge in [0.05, 0.1) is 31.0 Å². The zero-order valence-electron chi connectivity index (χ0n) is 17.7. The van der Waals surface area contributed by atoms with Gasteiger partial charge < -0.3 is 23.7 Å². The third-order valence-corrected chi connectivity index (χ3v) is 7.00. The summed E-state index contributed by atoms with van der Waals surface area (Å²) in [6.45, 7) is 17.8. The molecule has 0 N–H and O–H groups in total. The molecule has 0 aliphatic carbocycles. The Kier molecular flexibility index (Phi) is 6.06. The molecule has 0 aromatic rings. The van der Waals surface area contributed by atoms with Crippen LogP contribution >= 0.6 is 0 Å². The van der Waals surface area contributed by atoms with Crippen LogP contribution in [-0.4, -0.2) is 49.2 Å². The summed E-state index contributed by atoms with van der Waals surface area (Å²) in [4.78, 5) is 0. The van der Waals surface area contributed by atoms with E-state index in [2.05, 4.69) is 41.5 Å². The lowest BCUT2D eigenvalue weighted by molar-refractivity contribution is -0.377. The molecule has 3 saturated heterocycles. The molecule has 0 aromatic carbocycles. The molecule has 0 bridgehead atoms. The Morgan fingerprint density at radius 1 is 0.923 bits per heavy atom. The lowest BCUT2D eigenvalue weighted by atomic mass is 9.80. The molecule has 5 nitrogen and oxygen atoms in total. The van der Waals surface area contributed by atoms with E-state index >= 15 is 0 Å². The van der Waals surface area contributed by atoms with E-state index in [-0.39, 0.29) is 42.7 Å². The first-order chi connectivity index (χ1) is 12.1. The fourth-order valence-electron chi connectivity index (χ4n) is 4.61. The van der Waals surface area contributed by atoms with E-state index in [1.807, 2.05) is 13.8 Å². The maximum absolute atomic E-state index is 6.59. The molecule has 5 heteroatoms. The molecular formula is C21H38O5. The predicted molar refractivity (Wildman–Crippen MR) is 99.7 cm³/mol. The summed E-state index contributed by atoms with van der Waals surface area (Å²) in [5.74, 6) is 0.957. The fourth-order valence-corrected chi connectivity index (χ4v) is 4.61. The van der Waals surface area contributed by atoms with E-state index in [9.17, 15) is 0 Å². The summed E-state index contributed by atoms with van der Waals surface area (Å²) in [6.07, 6.45) is 1.14. The van der Waals surface area contributed by atoms with Gasteiger partial charge >= 0.3 is 0 Å². The van der Waals surface area contributed by atoms with E-state index in [0.29, 0.717) is 24.4 Å². The molecule has 3 aliphatic rings. The van der Waals surface area contributed by atoms with Gasteiger partial charge in [0.15, 0.2) is 12.1 Å². The van der Waals surface area contributed by atoms with Crippen molar-refractivity contribution in [3.8, 4) is 0 Å². The van der Waals surface area contributed by atoms with Crippen molar-refractivity contribution in [3.05, 3.63) is 0 Å². The van der Waals surface area contributed by atoms with Crippen LogP contribution in [0.3, 0.4) is 0 Å². The van der Waals surface area contributed by atoms with E-state index in [4.69, 9.17) is 23.7 Å². The Hall–Kier alpha value is -0.200. The van der Waals surface area contributed by atoms with E-state index in [1.54, 1.807) is 0 Å². The summed E-state index contributed by atoms with van der Waals surface area (Å²) in [5.41, 5.74) is 0. The minimum absolute atomic E-state index is 0.0505. The summed E-state index contributed by atoms with van der Waals surface area (Å²) in [6, 6.07) is 0. The molecule has 0 aromatic heterocycles. The van der Waals surface area contributed by atoms with Crippen LogP contribution in [-0.2, 0) is 23.7 Å². The average molecular weight is 371 g/mol. The summed E-state index contributed by atoms with van der Waals surface area (Å²) in [5, 5.41) is 0. The summed E-state index contributed by atoms with van der Waals surface area (Å²) < 4.78 is 31.2. The third-order valence-electron chi connectivity index (χ3n) is 7.00. The SMILES string of the molecule is CCC1O[C@@H](C)C(C)[C@@H](C)[C@H]1O[C@H]1O[C@H]2COC(C)(C)O[C@H]2C(C)C1C. The first-order valence-corrected chi connectivity index (χ1v) is 10.4. The van der Waals surface area contributed by atoms with Crippen LogP contribution in [0.1, 0.15) is 61.8 Å². The van der Waals surface area contributed by atoms with Gasteiger partial charge in [-0.2, -0.15) is 0 Å². The lowest BCUT2D eigenvalue weighted by Crippen LogP contribution is -2.60. The molecule has 0 saturated carbocycles. The molecule has 0 spiro atoms. The Morgan fingerprint density at radius 2 is 1.62 bits per heavy atom. The van der Waals surface area contributed by atoms with Crippen molar-refractivity contribution in [2.75, 3.05) is 6.61 Å². The molecule has 3 heterocycles. The monoisotopic (exact) mass is 370 g/mol. The number of fused-ring (bicyclic) bond motifs is 1. The van der Waals surface area contributed by atoms with Gasteiger partial charge in [-0.3, -0.25) is 0 Å². The molecule has 0 amide bonds. The van der Waals surface area contributed by atoms with Gasteiger partial charge in [0.2, 0.25) is 0 Å². The normalized spacial score (nSPS) is 51.7. The number of hydrogen-bond donors (Lipinski definition) is 0. The Balaban J connectivity index is 1.71. The van der Waals surface area contributed by atoms with E-state index < -0.39 is 5.79 Å². The van der Waals surface area contributed by atoms with Gasteiger partial charge in [0.25, 0.3) is 0 Å². The van der Waals surface area contributed by atoms with Crippen molar-refractivity contribution in [2.24, 2.45) is 23.7 Å². The highest BCUT2D eigenvalue weighted by molar-refractivity contribution is 4.92. The number of hydrogen-bond acceptors (Lipinski definition) is 5. The van der Waals surface area contributed by atoms with Crippen LogP contribution in [0.2, 0.25) is 0 Å². The molecule has 3 rings (SSSR count). The number of ether oxygens (including phenoxy) is 5. The van der Waals surface area contributed by atoms with Crippen LogP contribution in [0.4, 0.5) is 0 Å². The van der Waals surface area contributed by atoms with Gasteiger partial charge in [-0.05, 0) is 44.9 Å². The highest BCUT2D eigenvalue weighted by atomic mass is 16.8. The minimum Gasteiger partial charge on any atom is -0.372 e. The highest BCUT2D eigenvalue weighted by Gasteiger charge is 2.50. The van der Waals surface area contributed by atoms with Gasteiger partial charge in [0.1, 0.15) is 6.10 Å². The second-order valence-electron chi connectivity index (χ2n) is 9.16. The first kappa shape index (κ1) is 20.5. The standard InChI is InChI=1S/C21H38O5/c1-9-16-18(12(3)11(2)15(6)23-16)25-20-14(5)13(4)19-17(24-20)10-22-21(7,8)26-19/h11-20H,9-10H2,1-8H3/t11?,12-,13?,14?,15+,16?,17+,18-,19+,20-/m1/s1. The quantitative estimate of drug-likeness (QED) is 0.752. The van der Waals surface area contributed by atoms with Gasteiger partial charge in [-0.15, -0.1) is 0 Å². The van der Waals surface area contributed by atoms with Crippen LogP contribution in [0.5, 0.6) is 0 Å². The smallest absolute Gasteiger partial charge is 0.163 e. The second kappa shape index (κ2) is 7.67. The van der Waals surface area contributed by atoms with Crippen molar-refractivity contribution in [1.29, 1.82) is 0 Å². The van der Waals surface area contributed by atoms with Crippen molar-refractivity contribution < 1.29 is 23.7 Å². The molecule has 3 fully saturated rings. The molecular weight excluding hydrogens is 332 g/mol. The Labute approximate surface area is 159 Å². The van der Waals surface area contributed by atoms with E-state index in [1.165, 1.54) is 0 Å². The molecule has 10 atom stereocenters. The second-order valence-corrected chi connectivity index (χ2v) is 9.16. The fraction of sp³-hybridized carbons (Fsp3) is 1.00. The van der Waals surface area contributed by atoms with Crippen molar-refractivity contribution in [2.45, 2.75) is 104 Å². The third kappa shape index (κ3) is 3.83. The van der Waals surface area contributed by atoms with Crippen LogP contribution in [0, 0.1) is 23.7 Å². The van der Waals surface area contributed by atoms with Crippen LogP contribution < -0.4 is 0 Å². The van der Waals surface area contributed by atoms with Crippen LogP contribution in [0.25, 0.3) is 0 Å². The van der Waals surface area contributed by atoms with Gasteiger partial charge in [-0.25, -0.2) is 0 Å². The predicted octanol–water partition coefficient (Wildman–Crippen LogP) is 3.99. The van der Waals surface area contributed by atoms with Gasteiger partial charge in [0, 0.05) is 5.92 Å². The first-order valence-electron chi connectivity index (χ1n) is 10.4. The summed E-state index contributed by atoms with van der Waals surface area (Å²) >= 11 is 0. The minimum atomic E-state index is -0.545. The highest BCUT2D eigenvalue weighted by Crippen LogP contribution is 2.41. The maximum Gasteiger partial charge on any atom is 0.163 e. The Morgan fingerprint density at radius 3 is 2.27 bits per heavy atom. The molecule has 26 heavy (non-hydrogen) atoms. The lowest BCUT2D eigenvalue weighted by Gasteiger charge is -2.52. The topological polar surface area (TPSA) is 46.2 Å². The van der Waals surface area contributed by atoms with Crippen molar-refractivity contribution >= 4 is 0 Å². The molecule has 4 unspecified atom stereocenters. The summed E-state index contributed by atoms with van der Waals surface area (Å²) in [7, 11) is 0. The molecule has 0 radical (unpaired) electrons. The average Bonchev–Trinajstić information content (AvgIpc) is 2.59. The van der Waals surface area contributed by atoms with Gasteiger partial charge in [-0.1, -0.05) is 34.6 Å². The van der Waals surface area contributed by atoms with Crippen LogP contribution in [0.15, 0.2) is 0 Å². The zero-order chi connectivity index (χ0) is 19.2. The number of rotatable bonds is 3. The van der Waals surface area contributed by atoms with E-state index in [0.717, 1.165) is 6.42 Å². The molecule has 152 valence electrons. The molecule has 3 aliphatic heterocycles. The van der Waals surface area contributed by atoms with Crippen molar-refractivity contribution in [1.82, 2.24) is 0 Å². The van der Waals surface area contributed by atoms with Crippen molar-refractivity contribution in [3.63, 3.8) is 0 Å².